The summed E-state index contributed by atoms with van der Waals surface area (Å²) in [5.41, 5.74) is 1.44. The summed E-state index contributed by atoms with van der Waals surface area (Å²) in [4.78, 5) is 0. The zero-order valence-electron chi connectivity index (χ0n) is 6.25. The second-order valence-electron chi connectivity index (χ2n) is 2.76. The Kier molecular flexibility index (Phi) is 2.49. The van der Waals surface area contributed by atoms with Gasteiger partial charge in [0.05, 0.1) is 0 Å². The zero-order chi connectivity index (χ0) is 7.40. The minimum Gasteiger partial charge on any atom is -0.411 e. The predicted octanol–water partition coefficient (Wildman–Crippen LogP) is 2.19. The molecule has 2 heteroatoms. The average Bonchev–Trinajstić information content (AvgIpc) is 2.69. The normalized spacial score (nSPS) is 20.3. The van der Waals surface area contributed by atoms with Crippen LogP contribution in [0.1, 0.15) is 26.2 Å². The number of allylic oxidation sites excluding steroid dienone is 2. The molecule has 1 saturated carbocycles. The molecule has 1 aliphatic carbocycles. The largest absolute Gasteiger partial charge is 0.411 e. The van der Waals surface area contributed by atoms with Crippen molar-refractivity contribution < 1.29 is 5.21 Å². The average molecular weight is 139 g/mol. The van der Waals surface area contributed by atoms with Gasteiger partial charge in [0.2, 0.25) is 0 Å². The summed E-state index contributed by atoms with van der Waals surface area (Å²) < 4.78 is 0. The van der Waals surface area contributed by atoms with Crippen molar-refractivity contribution in [2.75, 3.05) is 0 Å². The smallest absolute Gasteiger partial charge is 0.0473 e. The lowest BCUT2D eigenvalue weighted by atomic mass is 10.2. The number of oxime groups is 1. The zero-order valence-corrected chi connectivity index (χ0v) is 6.25. The van der Waals surface area contributed by atoms with E-state index < -0.39 is 0 Å². The van der Waals surface area contributed by atoms with Crippen LogP contribution in [0.2, 0.25) is 0 Å². The Bertz CT molecular complexity index is 157. The SMILES string of the molecule is CC(=CCC=NO)C1CC1. The van der Waals surface area contributed by atoms with Gasteiger partial charge in [0, 0.05) is 12.6 Å². The maximum atomic E-state index is 8.07. The summed E-state index contributed by atoms with van der Waals surface area (Å²) >= 11 is 0. The molecule has 0 atom stereocenters. The minimum atomic E-state index is 0.763. The van der Waals surface area contributed by atoms with Crippen LogP contribution in [0.4, 0.5) is 0 Å². The third-order valence-corrected chi connectivity index (χ3v) is 1.85. The maximum Gasteiger partial charge on any atom is 0.0473 e. The molecule has 1 fully saturated rings. The molecule has 0 spiro atoms. The molecule has 0 aromatic rings. The Morgan fingerprint density at radius 1 is 1.70 bits per heavy atom. The fourth-order valence-electron chi connectivity index (χ4n) is 0.991. The topological polar surface area (TPSA) is 32.6 Å². The molecular weight excluding hydrogens is 126 g/mol. The quantitative estimate of drug-likeness (QED) is 0.276. The third-order valence-electron chi connectivity index (χ3n) is 1.85. The molecule has 0 heterocycles. The van der Waals surface area contributed by atoms with Crippen molar-refractivity contribution in [1.82, 2.24) is 0 Å². The van der Waals surface area contributed by atoms with Gasteiger partial charge in [-0.2, -0.15) is 0 Å². The van der Waals surface area contributed by atoms with Gasteiger partial charge in [-0.25, -0.2) is 0 Å². The summed E-state index contributed by atoms with van der Waals surface area (Å²) in [5, 5.41) is 11.0. The van der Waals surface area contributed by atoms with Gasteiger partial charge in [-0.3, -0.25) is 0 Å². The van der Waals surface area contributed by atoms with Crippen LogP contribution in [0.3, 0.4) is 0 Å². The number of hydrogen-bond acceptors (Lipinski definition) is 2. The first-order chi connectivity index (χ1) is 4.84. The Hall–Kier alpha value is -0.790. The Balaban J connectivity index is 2.23. The minimum absolute atomic E-state index is 0.763. The Labute approximate surface area is 61.2 Å². The van der Waals surface area contributed by atoms with Crippen LogP contribution < -0.4 is 0 Å². The second-order valence-corrected chi connectivity index (χ2v) is 2.76. The van der Waals surface area contributed by atoms with E-state index in [-0.39, 0.29) is 0 Å². The van der Waals surface area contributed by atoms with Crippen LogP contribution in [0.25, 0.3) is 0 Å². The Morgan fingerprint density at radius 3 is 2.90 bits per heavy atom. The van der Waals surface area contributed by atoms with Crippen molar-refractivity contribution in [2.45, 2.75) is 26.2 Å². The molecule has 10 heavy (non-hydrogen) atoms. The molecule has 0 bridgehead atoms. The molecule has 0 saturated heterocycles. The van der Waals surface area contributed by atoms with E-state index in [2.05, 4.69) is 18.2 Å². The number of hydrogen-bond donors (Lipinski definition) is 1. The van der Waals surface area contributed by atoms with E-state index >= 15 is 0 Å². The summed E-state index contributed by atoms with van der Waals surface area (Å²) in [6.45, 7) is 2.14. The highest BCUT2D eigenvalue weighted by Gasteiger charge is 2.22. The predicted molar refractivity (Wildman–Crippen MR) is 41.4 cm³/mol. The van der Waals surface area contributed by atoms with E-state index in [0.29, 0.717) is 0 Å². The lowest BCUT2D eigenvalue weighted by molar-refractivity contribution is 0.321. The molecule has 2 nitrogen and oxygen atoms in total. The summed E-state index contributed by atoms with van der Waals surface area (Å²) in [7, 11) is 0. The number of nitrogens with zero attached hydrogens (tertiary/aromatic N) is 1. The Morgan fingerprint density at radius 2 is 2.40 bits per heavy atom. The monoisotopic (exact) mass is 139 g/mol. The summed E-state index contributed by atoms with van der Waals surface area (Å²) in [5.74, 6) is 0.840. The first-order valence-corrected chi connectivity index (χ1v) is 3.67. The van der Waals surface area contributed by atoms with Crippen LogP contribution in [-0.2, 0) is 0 Å². The van der Waals surface area contributed by atoms with Gasteiger partial charge in [-0.15, -0.1) is 5.16 Å². The van der Waals surface area contributed by atoms with Gasteiger partial charge < -0.3 is 5.21 Å². The van der Waals surface area contributed by atoms with Crippen molar-refractivity contribution >= 4 is 6.21 Å². The van der Waals surface area contributed by atoms with Crippen molar-refractivity contribution in [3.8, 4) is 0 Å². The standard InChI is InChI=1S/C8H13NO/c1-7(8-4-5-8)3-2-6-9-10/h3,6,8,10H,2,4-5H2,1H3. The van der Waals surface area contributed by atoms with E-state index in [1.807, 2.05) is 0 Å². The highest BCUT2D eigenvalue weighted by molar-refractivity contribution is 5.58. The van der Waals surface area contributed by atoms with Crippen molar-refractivity contribution in [3.63, 3.8) is 0 Å². The van der Waals surface area contributed by atoms with Crippen molar-refractivity contribution in [2.24, 2.45) is 11.1 Å². The molecule has 1 N–H and O–H groups in total. The molecular formula is C8H13NO. The van der Waals surface area contributed by atoms with E-state index in [9.17, 15) is 0 Å². The maximum absolute atomic E-state index is 8.07. The molecule has 0 aromatic carbocycles. The van der Waals surface area contributed by atoms with Gasteiger partial charge >= 0.3 is 0 Å². The van der Waals surface area contributed by atoms with E-state index in [1.54, 1.807) is 0 Å². The molecule has 0 aliphatic heterocycles. The first-order valence-electron chi connectivity index (χ1n) is 3.67. The molecule has 1 rings (SSSR count). The molecule has 0 radical (unpaired) electrons. The van der Waals surface area contributed by atoms with E-state index in [4.69, 9.17) is 5.21 Å². The third kappa shape index (κ3) is 2.21. The van der Waals surface area contributed by atoms with Gasteiger partial charge in [0.1, 0.15) is 0 Å². The number of rotatable bonds is 3. The van der Waals surface area contributed by atoms with E-state index in [0.717, 1.165) is 12.3 Å². The highest BCUT2D eigenvalue weighted by atomic mass is 16.4. The summed E-state index contributed by atoms with van der Waals surface area (Å²) in [6, 6.07) is 0. The van der Waals surface area contributed by atoms with Gasteiger partial charge in [-0.1, -0.05) is 11.6 Å². The van der Waals surface area contributed by atoms with Crippen molar-refractivity contribution in [3.05, 3.63) is 11.6 Å². The first kappa shape index (κ1) is 7.32. The lowest BCUT2D eigenvalue weighted by Crippen LogP contribution is -1.78. The fourth-order valence-corrected chi connectivity index (χ4v) is 0.991. The fraction of sp³-hybridized carbons (Fsp3) is 0.625. The lowest BCUT2D eigenvalue weighted by Gasteiger charge is -1.92. The van der Waals surface area contributed by atoms with Crippen LogP contribution in [0, 0.1) is 5.92 Å². The molecule has 1 aliphatic rings. The van der Waals surface area contributed by atoms with Gasteiger partial charge in [-0.05, 0) is 25.7 Å². The van der Waals surface area contributed by atoms with Gasteiger partial charge in [0.15, 0.2) is 0 Å². The molecule has 56 valence electrons. The molecule has 0 unspecified atom stereocenters. The highest BCUT2D eigenvalue weighted by Crippen LogP contribution is 2.35. The van der Waals surface area contributed by atoms with Crippen LogP contribution in [-0.4, -0.2) is 11.4 Å². The second kappa shape index (κ2) is 3.40. The molecule has 0 aromatic heterocycles. The van der Waals surface area contributed by atoms with Gasteiger partial charge in [0.25, 0.3) is 0 Å². The molecule has 0 amide bonds. The summed E-state index contributed by atoms with van der Waals surface area (Å²) in [6.07, 6.45) is 7.08. The van der Waals surface area contributed by atoms with Crippen LogP contribution in [0.15, 0.2) is 16.8 Å². The van der Waals surface area contributed by atoms with E-state index in [1.165, 1.54) is 24.6 Å². The van der Waals surface area contributed by atoms with Crippen LogP contribution in [0.5, 0.6) is 0 Å². The van der Waals surface area contributed by atoms with Crippen LogP contribution >= 0.6 is 0 Å². The van der Waals surface area contributed by atoms with Crippen molar-refractivity contribution in [1.29, 1.82) is 0 Å².